The molecule has 1 fully saturated rings. The third-order valence-corrected chi connectivity index (χ3v) is 3.10. The SMILES string of the molecule is CCNCc1ccc(N2CCCOCC2)cc1. The lowest BCUT2D eigenvalue weighted by atomic mass is 10.2. The van der Waals surface area contributed by atoms with E-state index >= 15 is 0 Å². The van der Waals surface area contributed by atoms with E-state index < -0.39 is 0 Å². The van der Waals surface area contributed by atoms with Crippen molar-refractivity contribution in [2.75, 3.05) is 37.7 Å². The first-order valence-corrected chi connectivity index (χ1v) is 6.52. The maximum atomic E-state index is 5.47. The number of anilines is 1. The number of rotatable bonds is 4. The summed E-state index contributed by atoms with van der Waals surface area (Å²) in [6.07, 6.45) is 1.12. The van der Waals surface area contributed by atoms with E-state index in [2.05, 4.69) is 41.4 Å². The molecule has 1 saturated heterocycles. The van der Waals surface area contributed by atoms with Crippen LogP contribution in [0.1, 0.15) is 18.9 Å². The third-order valence-electron chi connectivity index (χ3n) is 3.10. The summed E-state index contributed by atoms with van der Waals surface area (Å²) in [6, 6.07) is 8.86. The molecule has 3 nitrogen and oxygen atoms in total. The molecule has 0 aromatic heterocycles. The maximum absolute atomic E-state index is 5.47. The molecule has 1 N–H and O–H groups in total. The Hall–Kier alpha value is -1.06. The topological polar surface area (TPSA) is 24.5 Å². The largest absolute Gasteiger partial charge is 0.380 e. The van der Waals surface area contributed by atoms with Gasteiger partial charge < -0.3 is 15.0 Å². The number of ether oxygens (including phenoxy) is 1. The van der Waals surface area contributed by atoms with E-state index in [9.17, 15) is 0 Å². The highest BCUT2D eigenvalue weighted by atomic mass is 16.5. The van der Waals surface area contributed by atoms with Gasteiger partial charge in [0, 0.05) is 31.9 Å². The van der Waals surface area contributed by atoms with Gasteiger partial charge in [-0.2, -0.15) is 0 Å². The fraction of sp³-hybridized carbons (Fsp3) is 0.571. The van der Waals surface area contributed by atoms with Gasteiger partial charge in [0.2, 0.25) is 0 Å². The molecule has 94 valence electrons. The first-order chi connectivity index (χ1) is 8.40. The first kappa shape index (κ1) is 12.4. The van der Waals surface area contributed by atoms with Gasteiger partial charge in [-0.1, -0.05) is 19.1 Å². The van der Waals surface area contributed by atoms with Crippen molar-refractivity contribution in [1.29, 1.82) is 0 Å². The third kappa shape index (κ3) is 3.72. The normalized spacial score (nSPS) is 16.9. The van der Waals surface area contributed by atoms with Crippen LogP contribution in [0.3, 0.4) is 0 Å². The van der Waals surface area contributed by atoms with Gasteiger partial charge in [0.15, 0.2) is 0 Å². The summed E-state index contributed by atoms with van der Waals surface area (Å²) in [4.78, 5) is 2.41. The van der Waals surface area contributed by atoms with Crippen LogP contribution in [-0.2, 0) is 11.3 Å². The van der Waals surface area contributed by atoms with E-state index in [0.29, 0.717) is 0 Å². The van der Waals surface area contributed by atoms with Crippen molar-refractivity contribution in [3.05, 3.63) is 29.8 Å². The molecule has 0 radical (unpaired) electrons. The van der Waals surface area contributed by atoms with Gasteiger partial charge in [0.25, 0.3) is 0 Å². The van der Waals surface area contributed by atoms with Crippen molar-refractivity contribution in [2.24, 2.45) is 0 Å². The first-order valence-electron chi connectivity index (χ1n) is 6.52. The lowest BCUT2D eigenvalue weighted by Crippen LogP contribution is -2.25. The average Bonchev–Trinajstić information content (AvgIpc) is 2.66. The lowest BCUT2D eigenvalue weighted by Gasteiger charge is -2.22. The van der Waals surface area contributed by atoms with E-state index in [1.807, 2.05) is 0 Å². The molecule has 0 aliphatic carbocycles. The van der Waals surface area contributed by atoms with Crippen LogP contribution in [-0.4, -0.2) is 32.8 Å². The van der Waals surface area contributed by atoms with E-state index in [4.69, 9.17) is 4.74 Å². The van der Waals surface area contributed by atoms with Crippen LogP contribution in [0.2, 0.25) is 0 Å². The minimum atomic E-state index is 0.846. The van der Waals surface area contributed by atoms with Gasteiger partial charge in [-0.05, 0) is 30.7 Å². The Morgan fingerprint density at radius 2 is 2.00 bits per heavy atom. The van der Waals surface area contributed by atoms with Gasteiger partial charge >= 0.3 is 0 Å². The Morgan fingerprint density at radius 3 is 2.76 bits per heavy atom. The molecule has 0 unspecified atom stereocenters. The highest BCUT2D eigenvalue weighted by molar-refractivity contribution is 5.47. The van der Waals surface area contributed by atoms with Crippen molar-refractivity contribution >= 4 is 5.69 Å². The Labute approximate surface area is 104 Å². The molecule has 1 heterocycles. The number of hydrogen-bond donors (Lipinski definition) is 1. The number of nitrogens with one attached hydrogen (secondary N) is 1. The molecule has 0 saturated carbocycles. The molecular weight excluding hydrogens is 212 g/mol. The quantitative estimate of drug-likeness (QED) is 0.862. The van der Waals surface area contributed by atoms with Crippen molar-refractivity contribution in [1.82, 2.24) is 5.32 Å². The van der Waals surface area contributed by atoms with E-state index in [0.717, 1.165) is 45.8 Å². The highest BCUT2D eigenvalue weighted by Crippen LogP contribution is 2.16. The van der Waals surface area contributed by atoms with Crippen LogP contribution in [0, 0.1) is 0 Å². The van der Waals surface area contributed by atoms with Crippen LogP contribution in [0.15, 0.2) is 24.3 Å². The molecule has 0 bridgehead atoms. The lowest BCUT2D eigenvalue weighted by molar-refractivity contribution is 0.152. The van der Waals surface area contributed by atoms with Gasteiger partial charge in [-0.25, -0.2) is 0 Å². The molecule has 3 heteroatoms. The monoisotopic (exact) mass is 234 g/mol. The van der Waals surface area contributed by atoms with Crippen LogP contribution in [0.25, 0.3) is 0 Å². The summed E-state index contributed by atoms with van der Waals surface area (Å²) in [5.74, 6) is 0. The summed E-state index contributed by atoms with van der Waals surface area (Å²) in [5.41, 5.74) is 2.66. The number of nitrogens with zero attached hydrogens (tertiary/aromatic N) is 1. The second-order valence-corrected chi connectivity index (χ2v) is 4.40. The van der Waals surface area contributed by atoms with Gasteiger partial charge in [0.05, 0.1) is 6.61 Å². The van der Waals surface area contributed by atoms with E-state index in [-0.39, 0.29) is 0 Å². The average molecular weight is 234 g/mol. The zero-order chi connectivity index (χ0) is 11.9. The maximum Gasteiger partial charge on any atom is 0.0641 e. The summed E-state index contributed by atoms with van der Waals surface area (Å²) in [6.45, 7) is 7.96. The fourth-order valence-electron chi connectivity index (χ4n) is 2.10. The molecule has 0 amide bonds. The molecule has 1 aromatic rings. The van der Waals surface area contributed by atoms with Gasteiger partial charge in [-0.15, -0.1) is 0 Å². The predicted molar refractivity (Wildman–Crippen MR) is 71.5 cm³/mol. The molecular formula is C14H22N2O. The summed E-state index contributed by atoms with van der Waals surface area (Å²) >= 11 is 0. The fourth-order valence-corrected chi connectivity index (χ4v) is 2.10. The molecule has 17 heavy (non-hydrogen) atoms. The summed E-state index contributed by atoms with van der Waals surface area (Å²) in [5, 5.41) is 3.34. The zero-order valence-corrected chi connectivity index (χ0v) is 10.6. The molecule has 0 spiro atoms. The van der Waals surface area contributed by atoms with Crippen molar-refractivity contribution in [2.45, 2.75) is 19.9 Å². The van der Waals surface area contributed by atoms with Gasteiger partial charge in [-0.3, -0.25) is 0 Å². The Bertz CT molecular complexity index is 315. The Morgan fingerprint density at radius 1 is 1.18 bits per heavy atom. The standard InChI is InChI=1S/C14H22N2O/c1-2-15-12-13-4-6-14(7-5-13)16-8-3-10-17-11-9-16/h4-7,15H,2-3,8-12H2,1H3. The molecule has 1 aliphatic rings. The van der Waals surface area contributed by atoms with E-state index in [1.165, 1.54) is 11.3 Å². The molecule has 2 rings (SSSR count). The van der Waals surface area contributed by atoms with Gasteiger partial charge in [0.1, 0.15) is 0 Å². The summed E-state index contributed by atoms with van der Waals surface area (Å²) in [7, 11) is 0. The number of benzene rings is 1. The predicted octanol–water partition coefficient (Wildman–Crippen LogP) is 2.02. The molecule has 1 aliphatic heterocycles. The van der Waals surface area contributed by atoms with Crippen LogP contribution < -0.4 is 10.2 Å². The van der Waals surface area contributed by atoms with Crippen LogP contribution in [0.4, 0.5) is 5.69 Å². The Balaban J connectivity index is 1.96. The molecule has 1 aromatic carbocycles. The van der Waals surface area contributed by atoms with Crippen molar-refractivity contribution < 1.29 is 4.74 Å². The minimum Gasteiger partial charge on any atom is -0.380 e. The highest BCUT2D eigenvalue weighted by Gasteiger charge is 2.09. The second-order valence-electron chi connectivity index (χ2n) is 4.40. The zero-order valence-electron chi connectivity index (χ0n) is 10.6. The minimum absolute atomic E-state index is 0.846. The molecule has 0 atom stereocenters. The second kappa shape index (κ2) is 6.62. The van der Waals surface area contributed by atoms with E-state index in [1.54, 1.807) is 0 Å². The van der Waals surface area contributed by atoms with Crippen LogP contribution in [0.5, 0.6) is 0 Å². The smallest absolute Gasteiger partial charge is 0.0641 e. The van der Waals surface area contributed by atoms with Crippen LogP contribution >= 0.6 is 0 Å². The Kier molecular flexibility index (Phi) is 4.83. The van der Waals surface area contributed by atoms with Crippen molar-refractivity contribution in [3.63, 3.8) is 0 Å². The summed E-state index contributed by atoms with van der Waals surface area (Å²) < 4.78 is 5.47. The van der Waals surface area contributed by atoms with Crippen molar-refractivity contribution in [3.8, 4) is 0 Å². The number of hydrogen-bond acceptors (Lipinski definition) is 3.